The van der Waals surface area contributed by atoms with Gasteiger partial charge in [0.2, 0.25) is 0 Å². The number of hydrogen-bond acceptors (Lipinski definition) is 4. The monoisotopic (exact) mass is 270 g/mol. The first-order chi connectivity index (χ1) is 9.72. The third kappa shape index (κ3) is 2.56. The Bertz CT molecular complexity index is 661. The van der Waals surface area contributed by atoms with Crippen molar-refractivity contribution in [2.24, 2.45) is 0 Å². The molecule has 3 rings (SSSR count). The maximum Gasteiger partial charge on any atom is 0.414 e. The number of amides is 1. The lowest BCUT2D eigenvalue weighted by Crippen LogP contribution is -2.27. The predicted molar refractivity (Wildman–Crippen MR) is 72.4 cm³/mol. The number of carbonyl (C=O) groups is 1. The molecule has 2 aromatic rings. The number of nitrogens with zero attached hydrogens (tertiary/aromatic N) is 2. The van der Waals surface area contributed by atoms with E-state index in [0.29, 0.717) is 12.3 Å². The summed E-state index contributed by atoms with van der Waals surface area (Å²) in [5.41, 5.74) is 2.99. The van der Waals surface area contributed by atoms with Gasteiger partial charge in [-0.25, -0.2) is 4.79 Å². The van der Waals surface area contributed by atoms with Crippen molar-refractivity contribution in [1.82, 2.24) is 10.1 Å². The van der Waals surface area contributed by atoms with Crippen LogP contribution in [0.5, 0.6) is 0 Å². The molecule has 1 aliphatic rings. The number of ether oxygens (including phenoxy) is 1. The van der Waals surface area contributed by atoms with E-state index in [1.807, 2.05) is 37.3 Å². The molecule has 0 N–H and O–H groups in total. The summed E-state index contributed by atoms with van der Waals surface area (Å²) in [5.74, 6) is 0.539. The van der Waals surface area contributed by atoms with Gasteiger partial charge < -0.3 is 9.26 Å². The Hall–Kier alpha value is -2.56. The third-order valence-corrected chi connectivity index (χ3v) is 3.08. The van der Waals surface area contributed by atoms with Crippen LogP contribution >= 0.6 is 0 Å². The van der Waals surface area contributed by atoms with Gasteiger partial charge in [0.1, 0.15) is 0 Å². The number of aromatic nitrogens is 1. The van der Waals surface area contributed by atoms with E-state index in [2.05, 4.69) is 5.16 Å². The van der Waals surface area contributed by atoms with Crippen LogP contribution in [-0.2, 0) is 17.9 Å². The summed E-state index contributed by atoms with van der Waals surface area (Å²) in [6.07, 6.45) is 3.24. The normalized spacial score (nSPS) is 13.2. The summed E-state index contributed by atoms with van der Waals surface area (Å²) in [7, 11) is 0. The number of aryl methyl sites for hydroxylation is 1. The van der Waals surface area contributed by atoms with Crippen molar-refractivity contribution in [2.75, 3.05) is 0 Å². The number of carbonyl (C=O) groups excluding carboxylic acids is 1. The summed E-state index contributed by atoms with van der Waals surface area (Å²) < 4.78 is 10.2. The first kappa shape index (κ1) is 12.5. The minimum atomic E-state index is -0.398. The van der Waals surface area contributed by atoms with E-state index in [0.717, 1.165) is 16.8 Å². The molecule has 1 amide bonds. The highest BCUT2D eigenvalue weighted by molar-refractivity contribution is 5.72. The molecule has 0 fully saturated rings. The molecule has 0 radical (unpaired) electrons. The van der Waals surface area contributed by atoms with Gasteiger partial charge in [-0.1, -0.05) is 29.4 Å². The highest BCUT2D eigenvalue weighted by Crippen LogP contribution is 2.20. The van der Waals surface area contributed by atoms with Crippen LogP contribution in [0, 0.1) is 6.92 Å². The van der Waals surface area contributed by atoms with Crippen molar-refractivity contribution in [3.05, 3.63) is 59.1 Å². The summed E-state index contributed by atoms with van der Waals surface area (Å²) in [6.45, 7) is 2.42. The molecular formula is C15H14N2O3. The molecule has 0 unspecified atom stereocenters. The van der Waals surface area contributed by atoms with Crippen molar-refractivity contribution in [2.45, 2.75) is 20.1 Å². The minimum Gasteiger partial charge on any atom is -0.441 e. The van der Waals surface area contributed by atoms with Crippen molar-refractivity contribution in [3.8, 4) is 0 Å². The molecule has 5 heteroatoms. The zero-order valence-electron chi connectivity index (χ0n) is 11.1. The van der Waals surface area contributed by atoms with Crippen molar-refractivity contribution in [3.63, 3.8) is 0 Å². The number of hydrogen-bond donors (Lipinski definition) is 0. The van der Waals surface area contributed by atoms with E-state index in [9.17, 15) is 4.79 Å². The van der Waals surface area contributed by atoms with E-state index >= 15 is 0 Å². The SMILES string of the molecule is Cc1cc(COC(=O)N2C=Cc3ccccc3C2)on1. The van der Waals surface area contributed by atoms with Crippen LogP contribution in [0.4, 0.5) is 4.79 Å². The van der Waals surface area contributed by atoms with Crippen LogP contribution in [0.25, 0.3) is 6.08 Å². The molecule has 2 heterocycles. The lowest BCUT2D eigenvalue weighted by molar-refractivity contribution is 0.0991. The average Bonchev–Trinajstić information content (AvgIpc) is 2.90. The van der Waals surface area contributed by atoms with Gasteiger partial charge in [0.15, 0.2) is 12.4 Å². The van der Waals surface area contributed by atoms with Gasteiger partial charge in [-0.05, 0) is 24.1 Å². The van der Waals surface area contributed by atoms with E-state index in [4.69, 9.17) is 9.26 Å². The van der Waals surface area contributed by atoms with E-state index in [1.54, 1.807) is 12.3 Å². The molecule has 0 aliphatic carbocycles. The van der Waals surface area contributed by atoms with Gasteiger partial charge in [-0.3, -0.25) is 4.90 Å². The minimum absolute atomic E-state index is 0.0889. The molecule has 1 aliphatic heterocycles. The Kier molecular flexibility index (Phi) is 3.25. The Balaban J connectivity index is 1.62. The topological polar surface area (TPSA) is 55.6 Å². The van der Waals surface area contributed by atoms with Crippen LogP contribution in [0.3, 0.4) is 0 Å². The largest absolute Gasteiger partial charge is 0.441 e. The number of benzene rings is 1. The highest BCUT2D eigenvalue weighted by Gasteiger charge is 2.18. The average molecular weight is 270 g/mol. The van der Waals surface area contributed by atoms with Crippen LogP contribution in [0.1, 0.15) is 22.6 Å². The molecule has 0 atom stereocenters. The summed E-state index contributed by atoms with van der Waals surface area (Å²) in [4.78, 5) is 13.5. The van der Waals surface area contributed by atoms with Gasteiger partial charge in [0.25, 0.3) is 0 Å². The second-order valence-corrected chi connectivity index (χ2v) is 4.63. The van der Waals surface area contributed by atoms with Crippen LogP contribution in [0.15, 0.2) is 41.1 Å². The molecular weight excluding hydrogens is 256 g/mol. The summed E-state index contributed by atoms with van der Waals surface area (Å²) in [6, 6.07) is 9.70. The fourth-order valence-electron chi connectivity index (χ4n) is 2.07. The van der Waals surface area contributed by atoms with Crippen LogP contribution in [0.2, 0.25) is 0 Å². The van der Waals surface area contributed by atoms with Crippen molar-refractivity contribution < 1.29 is 14.1 Å². The van der Waals surface area contributed by atoms with E-state index < -0.39 is 6.09 Å². The number of fused-ring (bicyclic) bond motifs is 1. The lowest BCUT2D eigenvalue weighted by atomic mass is 10.1. The Morgan fingerprint density at radius 2 is 2.30 bits per heavy atom. The van der Waals surface area contributed by atoms with Crippen LogP contribution < -0.4 is 0 Å². The van der Waals surface area contributed by atoms with Gasteiger partial charge in [-0.2, -0.15) is 0 Å². The van der Waals surface area contributed by atoms with E-state index in [-0.39, 0.29) is 6.61 Å². The number of rotatable bonds is 2. The second-order valence-electron chi connectivity index (χ2n) is 4.63. The smallest absolute Gasteiger partial charge is 0.414 e. The fraction of sp³-hybridized carbons (Fsp3) is 0.200. The first-order valence-electron chi connectivity index (χ1n) is 6.34. The summed E-state index contributed by atoms with van der Waals surface area (Å²) >= 11 is 0. The van der Waals surface area contributed by atoms with Gasteiger partial charge in [0.05, 0.1) is 12.2 Å². The van der Waals surface area contributed by atoms with Crippen molar-refractivity contribution in [1.29, 1.82) is 0 Å². The molecule has 0 bridgehead atoms. The lowest BCUT2D eigenvalue weighted by Gasteiger charge is -2.22. The molecule has 0 saturated carbocycles. The molecule has 1 aromatic heterocycles. The standard InChI is InChI=1S/C15H14N2O3/c1-11-8-14(20-16-11)10-19-15(18)17-7-6-12-4-2-3-5-13(12)9-17/h2-8H,9-10H2,1H3. The Morgan fingerprint density at radius 3 is 3.10 bits per heavy atom. The molecule has 0 saturated heterocycles. The first-order valence-corrected chi connectivity index (χ1v) is 6.34. The van der Waals surface area contributed by atoms with Gasteiger partial charge in [0, 0.05) is 12.3 Å². The van der Waals surface area contributed by atoms with E-state index in [1.165, 1.54) is 4.90 Å². The zero-order valence-corrected chi connectivity index (χ0v) is 11.1. The molecule has 5 nitrogen and oxygen atoms in total. The van der Waals surface area contributed by atoms with Gasteiger partial charge >= 0.3 is 6.09 Å². The molecule has 20 heavy (non-hydrogen) atoms. The fourth-order valence-corrected chi connectivity index (χ4v) is 2.07. The maximum atomic E-state index is 12.0. The predicted octanol–water partition coefficient (Wildman–Crippen LogP) is 3.11. The molecule has 1 aromatic carbocycles. The maximum absolute atomic E-state index is 12.0. The quantitative estimate of drug-likeness (QED) is 0.841. The third-order valence-electron chi connectivity index (χ3n) is 3.08. The van der Waals surface area contributed by atoms with Gasteiger partial charge in [-0.15, -0.1) is 0 Å². The van der Waals surface area contributed by atoms with Crippen molar-refractivity contribution >= 4 is 12.2 Å². The second kappa shape index (κ2) is 5.21. The highest BCUT2D eigenvalue weighted by atomic mass is 16.6. The Morgan fingerprint density at radius 1 is 1.45 bits per heavy atom. The molecule has 102 valence electrons. The molecule has 0 spiro atoms. The van der Waals surface area contributed by atoms with Crippen LogP contribution in [-0.4, -0.2) is 16.1 Å². The summed E-state index contributed by atoms with van der Waals surface area (Å²) in [5, 5.41) is 3.74. The Labute approximate surface area is 116 Å². The zero-order chi connectivity index (χ0) is 13.9.